The predicted octanol–water partition coefficient (Wildman–Crippen LogP) is 0.663. The van der Waals surface area contributed by atoms with Gasteiger partial charge in [-0.1, -0.05) is 0 Å². The molecule has 1 N–H and O–H groups in total. The molecule has 4 heteroatoms. The van der Waals surface area contributed by atoms with Gasteiger partial charge in [0.2, 0.25) is 0 Å². The molecule has 2 rings (SSSR count). The van der Waals surface area contributed by atoms with Crippen molar-refractivity contribution >= 4 is 6.34 Å². The Morgan fingerprint density at radius 1 is 1.25 bits per heavy atom. The van der Waals surface area contributed by atoms with Crippen LogP contribution in [0.4, 0.5) is 0 Å². The van der Waals surface area contributed by atoms with E-state index in [2.05, 4.69) is 20.3 Å². The molecule has 0 aromatic carbocycles. The molecule has 4 nitrogen and oxygen atoms in total. The fourth-order valence-electron chi connectivity index (χ4n) is 0.979. The molecule has 0 radical (unpaired) electrons. The lowest BCUT2D eigenvalue weighted by Crippen LogP contribution is -2.10. The highest BCUT2D eigenvalue weighted by atomic mass is 15.0. The molecule has 0 spiro atoms. The van der Waals surface area contributed by atoms with Crippen LogP contribution in [0.2, 0.25) is 0 Å². The second-order valence-electron chi connectivity index (χ2n) is 2.36. The standard InChI is InChI=1S/C8H8N4/c1-3-10-8(11-4-1)7-2-5-9-6-12-7/h1-7H,(H,9,12). The number of nitrogens with one attached hydrogen (secondary N) is 1. The highest BCUT2D eigenvalue weighted by Gasteiger charge is 2.08. The van der Waals surface area contributed by atoms with E-state index < -0.39 is 0 Å². The molecule has 1 aliphatic heterocycles. The van der Waals surface area contributed by atoms with Crippen molar-refractivity contribution < 1.29 is 0 Å². The number of hydrogen-bond acceptors (Lipinski definition) is 4. The van der Waals surface area contributed by atoms with Crippen molar-refractivity contribution in [1.82, 2.24) is 15.3 Å². The molecule has 2 heterocycles. The van der Waals surface area contributed by atoms with Gasteiger partial charge in [-0.25, -0.2) is 9.97 Å². The van der Waals surface area contributed by atoms with Gasteiger partial charge in [-0.05, 0) is 12.1 Å². The first-order valence-corrected chi connectivity index (χ1v) is 3.68. The second kappa shape index (κ2) is 3.13. The van der Waals surface area contributed by atoms with Gasteiger partial charge in [0, 0.05) is 18.6 Å². The van der Waals surface area contributed by atoms with Crippen LogP contribution in [0, 0.1) is 0 Å². The number of aromatic nitrogens is 2. The van der Waals surface area contributed by atoms with Crippen LogP contribution in [0.1, 0.15) is 11.9 Å². The summed E-state index contributed by atoms with van der Waals surface area (Å²) in [7, 11) is 0. The van der Waals surface area contributed by atoms with Gasteiger partial charge in [0.25, 0.3) is 0 Å². The Kier molecular flexibility index (Phi) is 1.82. The van der Waals surface area contributed by atoms with Crippen molar-refractivity contribution in [3.63, 3.8) is 0 Å². The van der Waals surface area contributed by atoms with E-state index in [0.717, 1.165) is 5.82 Å². The Hall–Kier alpha value is -1.71. The van der Waals surface area contributed by atoms with Crippen molar-refractivity contribution in [2.75, 3.05) is 0 Å². The first-order valence-electron chi connectivity index (χ1n) is 3.68. The van der Waals surface area contributed by atoms with Crippen LogP contribution < -0.4 is 5.32 Å². The third-order valence-electron chi connectivity index (χ3n) is 1.53. The Morgan fingerprint density at radius 3 is 2.75 bits per heavy atom. The van der Waals surface area contributed by atoms with E-state index in [0.29, 0.717) is 0 Å². The van der Waals surface area contributed by atoms with Crippen molar-refractivity contribution in [1.29, 1.82) is 0 Å². The molecule has 0 bridgehead atoms. The zero-order valence-electron chi connectivity index (χ0n) is 6.38. The monoisotopic (exact) mass is 160 g/mol. The first kappa shape index (κ1) is 6.97. The average molecular weight is 160 g/mol. The van der Waals surface area contributed by atoms with Crippen LogP contribution in [-0.2, 0) is 0 Å². The lowest BCUT2D eigenvalue weighted by molar-refractivity contribution is 0.794. The van der Waals surface area contributed by atoms with Gasteiger partial charge in [0.1, 0.15) is 6.04 Å². The highest BCUT2D eigenvalue weighted by Crippen LogP contribution is 2.13. The van der Waals surface area contributed by atoms with Gasteiger partial charge in [-0.15, -0.1) is 0 Å². The van der Waals surface area contributed by atoms with Crippen molar-refractivity contribution in [3.05, 3.63) is 36.6 Å². The van der Waals surface area contributed by atoms with E-state index in [1.165, 1.54) is 0 Å². The number of nitrogens with zero attached hydrogens (tertiary/aromatic N) is 3. The van der Waals surface area contributed by atoms with Gasteiger partial charge in [-0.3, -0.25) is 4.99 Å². The summed E-state index contributed by atoms with van der Waals surface area (Å²) in [6.07, 6.45) is 8.81. The highest BCUT2D eigenvalue weighted by molar-refractivity contribution is 5.58. The Balaban J connectivity index is 2.25. The molecule has 1 aromatic heterocycles. The average Bonchev–Trinajstić information content (AvgIpc) is 2.21. The smallest absolute Gasteiger partial charge is 0.156 e. The SMILES string of the molecule is C1=CC(c2ncccn2)N=CN1. The van der Waals surface area contributed by atoms with E-state index in [1.807, 2.05) is 12.3 Å². The summed E-state index contributed by atoms with van der Waals surface area (Å²) < 4.78 is 0. The van der Waals surface area contributed by atoms with Crippen molar-refractivity contribution in [2.45, 2.75) is 6.04 Å². The summed E-state index contributed by atoms with van der Waals surface area (Å²) in [5.41, 5.74) is 0. The molecule has 12 heavy (non-hydrogen) atoms. The topological polar surface area (TPSA) is 50.2 Å². The van der Waals surface area contributed by atoms with Gasteiger partial charge < -0.3 is 5.32 Å². The molecule has 0 fully saturated rings. The van der Waals surface area contributed by atoms with Crippen molar-refractivity contribution in [2.24, 2.45) is 4.99 Å². The first-order chi connectivity index (χ1) is 5.97. The summed E-state index contributed by atoms with van der Waals surface area (Å²) in [5, 5.41) is 2.86. The lowest BCUT2D eigenvalue weighted by Gasteiger charge is -2.08. The minimum Gasteiger partial charge on any atom is -0.353 e. The molecule has 0 saturated carbocycles. The molecule has 0 amide bonds. The van der Waals surface area contributed by atoms with Crippen LogP contribution in [-0.4, -0.2) is 16.3 Å². The van der Waals surface area contributed by atoms with Gasteiger partial charge in [-0.2, -0.15) is 0 Å². The zero-order valence-corrected chi connectivity index (χ0v) is 6.38. The van der Waals surface area contributed by atoms with E-state index in [4.69, 9.17) is 0 Å². The largest absolute Gasteiger partial charge is 0.353 e. The quantitative estimate of drug-likeness (QED) is 0.656. The van der Waals surface area contributed by atoms with Gasteiger partial charge in [0.15, 0.2) is 5.82 Å². The summed E-state index contributed by atoms with van der Waals surface area (Å²) in [5.74, 6) is 0.728. The maximum absolute atomic E-state index is 4.15. The molecule has 0 saturated heterocycles. The van der Waals surface area contributed by atoms with Crippen LogP contribution >= 0.6 is 0 Å². The second-order valence-corrected chi connectivity index (χ2v) is 2.36. The van der Waals surface area contributed by atoms with E-state index in [9.17, 15) is 0 Å². The number of hydrogen-bond donors (Lipinski definition) is 1. The third-order valence-corrected chi connectivity index (χ3v) is 1.53. The van der Waals surface area contributed by atoms with E-state index >= 15 is 0 Å². The normalized spacial score (nSPS) is 20.5. The minimum absolute atomic E-state index is 0.0348. The molecule has 1 aliphatic rings. The van der Waals surface area contributed by atoms with Crippen LogP contribution in [0.15, 0.2) is 35.7 Å². The molecule has 1 unspecified atom stereocenters. The Morgan fingerprint density at radius 2 is 2.08 bits per heavy atom. The molecule has 1 aromatic rings. The van der Waals surface area contributed by atoms with Crippen LogP contribution in [0.25, 0.3) is 0 Å². The lowest BCUT2D eigenvalue weighted by atomic mass is 10.2. The number of aliphatic imine (C=N–C) groups is 1. The van der Waals surface area contributed by atoms with E-state index in [-0.39, 0.29) is 6.04 Å². The summed E-state index contributed by atoms with van der Waals surface area (Å²) >= 11 is 0. The summed E-state index contributed by atoms with van der Waals surface area (Å²) in [6.45, 7) is 0. The third kappa shape index (κ3) is 1.32. The molecular formula is C8H8N4. The Labute approximate surface area is 70.1 Å². The maximum Gasteiger partial charge on any atom is 0.156 e. The van der Waals surface area contributed by atoms with E-state index in [1.54, 1.807) is 24.8 Å². The predicted molar refractivity (Wildman–Crippen MR) is 45.5 cm³/mol. The van der Waals surface area contributed by atoms with Crippen LogP contribution in [0.5, 0.6) is 0 Å². The molecule has 1 atom stereocenters. The fourth-order valence-corrected chi connectivity index (χ4v) is 0.979. The van der Waals surface area contributed by atoms with Gasteiger partial charge in [0.05, 0.1) is 6.34 Å². The Bertz CT molecular complexity index is 292. The molecule has 60 valence electrons. The van der Waals surface area contributed by atoms with Crippen molar-refractivity contribution in [3.8, 4) is 0 Å². The summed E-state index contributed by atoms with van der Waals surface area (Å²) in [6, 6.07) is 1.75. The maximum atomic E-state index is 4.15. The number of rotatable bonds is 1. The fraction of sp³-hybridized carbons (Fsp3) is 0.125. The minimum atomic E-state index is -0.0348. The molecular weight excluding hydrogens is 152 g/mol. The van der Waals surface area contributed by atoms with Gasteiger partial charge >= 0.3 is 0 Å². The zero-order chi connectivity index (χ0) is 8.23. The van der Waals surface area contributed by atoms with Crippen LogP contribution in [0.3, 0.4) is 0 Å². The molecule has 0 aliphatic carbocycles. The summed E-state index contributed by atoms with van der Waals surface area (Å²) in [4.78, 5) is 12.3.